The zero-order valence-electron chi connectivity index (χ0n) is 20.3. The Morgan fingerprint density at radius 3 is 2.70 bits per heavy atom. The molecule has 0 fully saturated rings. The minimum atomic E-state index is -1.26. The number of hydrogen-bond acceptors (Lipinski definition) is 4. The van der Waals surface area contributed by atoms with Gasteiger partial charge in [-0.2, -0.15) is 0 Å². The van der Waals surface area contributed by atoms with Gasteiger partial charge < -0.3 is 19.4 Å². The van der Waals surface area contributed by atoms with Crippen molar-refractivity contribution in [1.29, 1.82) is 0 Å². The topological polar surface area (TPSA) is 97.2 Å². The molecule has 2 N–H and O–H groups in total. The highest BCUT2D eigenvalue weighted by Crippen LogP contribution is 2.36. The summed E-state index contributed by atoms with van der Waals surface area (Å²) in [6, 6.07) is 13.3. The Kier molecular flexibility index (Phi) is 6.21. The van der Waals surface area contributed by atoms with Crippen molar-refractivity contribution in [3.63, 3.8) is 0 Å². The summed E-state index contributed by atoms with van der Waals surface area (Å²) in [5.41, 5.74) is 1.63. The lowest BCUT2D eigenvalue weighted by Gasteiger charge is -2.13. The molecule has 0 aliphatic heterocycles. The number of H-pyrrole nitrogens is 1. The zero-order valence-corrected chi connectivity index (χ0v) is 21.1. The smallest absolute Gasteiger partial charge is 0.353 e. The molecule has 0 radical (unpaired) electrons. The van der Waals surface area contributed by atoms with E-state index < -0.39 is 17.3 Å². The number of fused-ring (bicyclic) bond motifs is 2. The van der Waals surface area contributed by atoms with Gasteiger partial charge in [-0.05, 0) is 68.8 Å². The molecule has 0 aliphatic rings. The van der Waals surface area contributed by atoms with Crippen LogP contribution in [0.4, 0.5) is 4.39 Å². The van der Waals surface area contributed by atoms with E-state index in [2.05, 4.69) is 9.97 Å². The van der Waals surface area contributed by atoms with Gasteiger partial charge in [0.1, 0.15) is 22.4 Å². The second kappa shape index (κ2) is 9.37. The molecule has 188 valence electrons. The van der Waals surface area contributed by atoms with Crippen LogP contribution in [-0.2, 0) is 6.54 Å². The van der Waals surface area contributed by atoms with Crippen molar-refractivity contribution in [2.75, 3.05) is 0 Å². The van der Waals surface area contributed by atoms with Crippen molar-refractivity contribution >= 4 is 39.4 Å². The van der Waals surface area contributed by atoms with Gasteiger partial charge in [0.15, 0.2) is 0 Å². The molecule has 3 heterocycles. The molecule has 7 nitrogen and oxygen atoms in total. The number of rotatable bonds is 6. The van der Waals surface area contributed by atoms with Crippen LogP contribution >= 0.6 is 11.6 Å². The molecule has 0 aliphatic carbocycles. The number of nitrogens with zero attached hydrogens (tertiary/aromatic N) is 2. The third kappa shape index (κ3) is 4.44. The lowest BCUT2D eigenvalue weighted by atomic mass is 10.0. The Bertz CT molecular complexity index is 1760. The Balaban J connectivity index is 1.74. The van der Waals surface area contributed by atoms with E-state index in [1.165, 1.54) is 16.8 Å². The first kappa shape index (κ1) is 24.5. The van der Waals surface area contributed by atoms with Gasteiger partial charge in [-0.3, -0.25) is 4.79 Å². The monoisotopic (exact) mass is 519 g/mol. The number of ether oxygens (including phenoxy) is 1. The van der Waals surface area contributed by atoms with Gasteiger partial charge in [0.2, 0.25) is 0 Å². The molecule has 0 atom stereocenters. The number of aromatic nitrogens is 3. The minimum Gasteiger partial charge on any atom is -0.491 e. The first-order chi connectivity index (χ1) is 17.6. The number of hydrogen-bond donors (Lipinski definition) is 2. The van der Waals surface area contributed by atoms with Crippen LogP contribution in [-0.4, -0.2) is 31.7 Å². The fourth-order valence-electron chi connectivity index (χ4n) is 4.55. The number of nitrogens with one attached hydrogen (secondary N) is 1. The highest BCUT2D eigenvalue weighted by Gasteiger charge is 2.26. The fraction of sp³-hybridized carbons (Fsp3) is 0.179. The van der Waals surface area contributed by atoms with Crippen LogP contribution in [0.25, 0.3) is 32.9 Å². The average molecular weight is 520 g/mol. The summed E-state index contributed by atoms with van der Waals surface area (Å²) in [6.45, 7) is 5.44. The van der Waals surface area contributed by atoms with Crippen molar-refractivity contribution in [1.82, 2.24) is 14.5 Å². The number of pyridine rings is 2. The van der Waals surface area contributed by atoms with E-state index in [0.717, 1.165) is 5.39 Å². The maximum absolute atomic E-state index is 14.7. The summed E-state index contributed by atoms with van der Waals surface area (Å²) < 4.78 is 21.9. The molecular weight excluding hydrogens is 497 g/mol. The van der Waals surface area contributed by atoms with Crippen LogP contribution in [0.3, 0.4) is 0 Å². The fourth-order valence-corrected chi connectivity index (χ4v) is 4.75. The number of aromatic carboxylic acids is 1. The molecule has 0 unspecified atom stereocenters. The van der Waals surface area contributed by atoms with Crippen LogP contribution in [0.5, 0.6) is 5.75 Å². The van der Waals surface area contributed by atoms with Gasteiger partial charge in [-0.1, -0.05) is 11.6 Å². The maximum atomic E-state index is 14.7. The van der Waals surface area contributed by atoms with E-state index in [9.17, 15) is 19.1 Å². The van der Waals surface area contributed by atoms with Gasteiger partial charge in [-0.25, -0.2) is 14.2 Å². The zero-order chi connectivity index (χ0) is 26.4. The predicted octanol–water partition coefficient (Wildman–Crippen LogP) is 6.18. The van der Waals surface area contributed by atoms with Crippen LogP contribution in [0.1, 0.15) is 35.5 Å². The first-order valence-corrected chi connectivity index (χ1v) is 12.0. The molecule has 9 heteroatoms. The molecule has 37 heavy (non-hydrogen) atoms. The highest BCUT2D eigenvalue weighted by atomic mass is 35.5. The quantitative estimate of drug-likeness (QED) is 0.261. The number of carboxylic acid groups (broad SMARTS) is 1. The van der Waals surface area contributed by atoms with Crippen LogP contribution < -0.4 is 10.3 Å². The summed E-state index contributed by atoms with van der Waals surface area (Å²) in [6.07, 6.45) is 1.47. The summed E-state index contributed by atoms with van der Waals surface area (Å²) >= 11 is 6.56. The molecule has 2 aromatic carbocycles. The Morgan fingerprint density at radius 1 is 1.22 bits per heavy atom. The average Bonchev–Trinajstić information content (AvgIpc) is 3.13. The summed E-state index contributed by atoms with van der Waals surface area (Å²) in [4.78, 5) is 32.4. The van der Waals surface area contributed by atoms with Gasteiger partial charge in [0.05, 0.1) is 23.7 Å². The molecule has 0 bridgehead atoms. The van der Waals surface area contributed by atoms with Gasteiger partial charge in [0.25, 0.3) is 5.56 Å². The predicted molar refractivity (Wildman–Crippen MR) is 141 cm³/mol. The number of carbonyl (C=O) groups is 1. The van der Waals surface area contributed by atoms with Crippen molar-refractivity contribution in [3.05, 3.63) is 92.9 Å². The van der Waals surface area contributed by atoms with Crippen molar-refractivity contribution in [3.8, 4) is 16.9 Å². The Hall–Kier alpha value is -4.17. The molecule has 5 aromatic rings. The lowest BCUT2D eigenvalue weighted by molar-refractivity contribution is 0.0687. The van der Waals surface area contributed by atoms with E-state index in [0.29, 0.717) is 33.3 Å². The number of aryl methyl sites for hydroxylation is 1. The second-order valence-electron chi connectivity index (χ2n) is 9.11. The third-order valence-electron chi connectivity index (χ3n) is 6.15. The SMILES string of the molecule is Cc1cc2c(-c3ccc[nH]c3=O)c(C(=O)O)n(Cc3cc4ccc(OC(C)C)cc4nc3Cl)c2cc1F. The largest absolute Gasteiger partial charge is 0.491 e. The molecule has 3 aromatic heterocycles. The van der Waals surface area contributed by atoms with E-state index in [4.69, 9.17) is 16.3 Å². The van der Waals surface area contributed by atoms with Crippen molar-refractivity contribution in [2.45, 2.75) is 33.4 Å². The molecule has 0 amide bonds. The highest BCUT2D eigenvalue weighted by molar-refractivity contribution is 6.30. The summed E-state index contributed by atoms with van der Waals surface area (Å²) in [7, 11) is 0. The van der Waals surface area contributed by atoms with Crippen molar-refractivity contribution in [2.24, 2.45) is 0 Å². The van der Waals surface area contributed by atoms with Gasteiger partial charge in [0, 0.05) is 39.7 Å². The molecule has 0 saturated carbocycles. The minimum absolute atomic E-state index is 0.00117. The molecule has 0 spiro atoms. The van der Waals surface area contributed by atoms with Gasteiger partial charge >= 0.3 is 5.97 Å². The van der Waals surface area contributed by atoms with Crippen molar-refractivity contribution < 1.29 is 19.0 Å². The number of halogens is 2. The van der Waals surface area contributed by atoms with Crippen LogP contribution in [0, 0.1) is 12.7 Å². The summed E-state index contributed by atoms with van der Waals surface area (Å²) in [5.74, 6) is -1.09. The van der Waals surface area contributed by atoms with Gasteiger partial charge in [-0.15, -0.1) is 0 Å². The number of carboxylic acids is 1. The normalized spacial score (nSPS) is 11.5. The van der Waals surface area contributed by atoms with E-state index in [1.54, 1.807) is 31.2 Å². The lowest BCUT2D eigenvalue weighted by Crippen LogP contribution is -2.14. The number of benzene rings is 2. The summed E-state index contributed by atoms with van der Waals surface area (Å²) in [5, 5.41) is 11.7. The Labute approximate surface area is 216 Å². The number of aromatic amines is 1. The van der Waals surface area contributed by atoms with E-state index >= 15 is 0 Å². The molecule has 5 rings (SSSR count). The van der Waals surface area contributed by atoms with E-state index in [1.807, 2.05) is 32.0 Å². The standard InChI is InChI=1S/C28H23ClFN3O4/c1-14(2)37-18-7-6-16-10-17(26(29)32-22(16)11-18)13-33-23-12-21(30)15(3)9-20(23)24(25(33)28(35)36)19-5-4-8-31-27(19)34/h4-12,14H,13H2,1-3H3,(H,31,34)(H,35,36). The van der Waals surface area contributed by atoms with Crippen LogP contribution in [0.15, 0.2) is 59.5 Å². The molecule has 0 saturated heterocycles. The van der Waals surface area contributed by atoms with E-state index in [-0.39, 0.29) is 34.6 Å². The second-order valence-corrected chi connectivity index (χ2v) is 9.46. The maximum Gasteiger partial charge on any atom is 0.353 e. The van der Waals surface area contributed by atoms with Crippen LogP contribution in [0.2, 0.25) is 5.15 Å². The Morgan fingerprint density at radius 2 is 2.00 bits per heavy atom. The third-order valence-corrected chi connectivity index (χ3v) is 6.48. The first-order valence-electron chi connectivity index (χ1n) is 11.6. The molecular formula is C28H23ClFN3O4.